The van der Waals surface area contributed by atoms with Crippen LogP contribution in [0.25, 0.3) is 0 Å². The predicted molar refractivity (Wildman–Crippen MR) is 99.6 cm³/mol. The second-order valence-corrected chi connectivity index (χ2v) is 6.11. The number of ether oxygens (including phenoxy) is 1. The van der Waals surface area contributed by atoms with Crippen molar-refractivity contribution >= 4 is 23.1 Å². The van der Waals surface area contributed by atoms with Crippen LogP contribution in [0.4, 0.5) is 23.1 Å². The number of hydrogen-bond donors (Lipinski definition) is 2. The van der Waals surface area contributed by atoms with Crippen molar-refractivity contribution in [2.75, 3.05) is 69.0 Å². The average molecular weight is 343 g/mol. The Balaban J connectivity index is 1.52. The van der Waals surface area contributed by atoms with Gasteiger partial charge in [0.2, 0.25) is 5.95 Å². The fourth-order valence-electron chi connectivity index (χ4n) is 2.58. The summed E-state index contributed by atoms with van der Waals surface area (Å²) < 4.78 is 5.35. The highest BCUT2D eigenvalue weighted by Crippen LogP contribution is 2.18. The Labute approximate surface area is 148 Å². The predicted octanol–water partition coefficient (Wildman–Crippen LogP) is 1.43. The van der Waals surface area contributed by atoms with Crippen LogP contribution in [0.15, 0.2) is 30.5 Å². The molecule has 8 nitrogen and oxygen atoms in total. The van der Waals surface area contributed by atoms with E-state index in [1.807, 2.05) is 38.4 Å². The highest BCUT2D eigenvalue weighted by atomic mass is 16.5. The van der Waals surface area contributed by atoms with Gasteiger partial charge in [-0.3, -0.25) is 4.90 Å². The summed E-state index contributed by atoms with van der Waals surface area (Å²) >= 11 is 0. The minimum absolute atomic E-state index is 0.481. The molecule has 2 heterocycles. The van der Waals surface area contributed by atoms with Crippen LogP contribution in [0.3, 0.4) is 0 Å². The molecule has 1 fully saturated rings. The Hall–Kier alpha value is -2.45. The standard InChI is InChI=1S/C17H25N7O/c1-23(2)15-5-3-14(4-6-15)20-17-21-16(13-19-22-17)18-7-8-24-9-11-25-12-10-24/h3-6,13H,7-12H2,1-2H3,(H2,18,20,21,22). The van der Waals surface area contributed by atoms with Gasteiger partial charge in [-0.1, -0.05) is 0 Å². The van der Waals surface area contributed by atoms with Crippen LogP contribution in [-0.2, 0) is 4.74 Å². The summed E-state index contributed by atoms with van der Waals surface area (Å²) in [5.74, 6) is 1.20. The van der Waals surface area contributed by atoms with Crippen molar-refractivity contribution in [3.8, 4) is 0 Å². The number of morpholine rings is 1. The molecule has 2 N–H and O–H groups in total. The van der Waals surface area contributed by atoms with Gasteiger partial charge in [0.25, 0.3) is 0 Å². The van der Waals surface area contributed by atoms with Gasteiger partial charge in [0, 0.05) is 51.6 Å². The van der Waals surface area contributed by atoms with Gasteiger partial charge in [0.1, 0.15) is 0 Å². The molecule has 2 aromatic rings. The lowest BCUT2D eigenvalue weighted by Gasteiger charge is -2.26. The maximum atomic E-state index is 5.35. The molecule has 1 aliphatic heterocycles. The van der Waals surface area contributed by atoms with E-state index in [9.17, 15) is 0 Å². The van der Waals surface area contributed by atoms with E-state index in [0.29, 0.717) is 5.95 Å². The van der Waals surface area contributed by atoms with Crippen molar-refractivity contribution in [1.29, 1.82) is 0 Å². The van der Waals surface area contributed by atoms with E-state index in [1.165, 1.54) is 0 Å². The summed E-state index contributed by atoms with van der Waals surface area (Å²) in [5.41, 5.74) is 2.07. The SMILES string of the molecule is CN(C)c1ccc(Nc2nncc(NCCN3CCOCC3)n2)cc1. The van der Waals surface area contributed by atoms with Crippen LogP contribution in [0, 0.1) is 0 Å². The smallest absolute Gasteiger partial charge is 0.249 e. The topological polar surface area (TPSA) is 78.4 Å². The molecule has 25 heavy (non-hydrogen) atoms. The Morgan fingerprint density at radius 2 is 1.92 bits per heavy atom. The quantitative estimate of drug-likeness (QED) is 0.782. The van der Waals surface area contributed by atoms with E-state index in [0.717, 1.165) is 56.6 Å². The molecule has 3 rings (SSSR count). The fraction of sp³-hybridized carbons (Fsp3) is 0.471. The molecule has 0 aliphatic carbocycles. The summed E-state index contributed by atoms with van der Waals surface area (Å²) in [6.07, 6.45) is 1.64. The highest BCUT2D eigenvalue weighted by molar-refractivity contribution is 5.59. The lowest BCUT2D eigenvalue weighted by Crippen LogP contribution is -2.39. The third kappa shape index (κ3) is 5.27. The van der Waals surface area contributed by atoms with Crippen molar-refractivity contribution in [3.05, 3.63) is 30.5 Å². The normalized spacial score (nSPS) is 15.0. The zero-order valence-corrected chi connectivity index (χ0v) is 14.8. The third-order valence-electron chi connectivity index (χ3n) is 4.04. The van der Waals surface area contributed by atoms with E-state index in [-0.39, 0.29) is 0 Å². The number of nitrogens with one attached hydrogen (secondary N) is 2. The fourth-order valence-corrected chi connectivity index (χ4v) is 2.58. The summed E-state index contributed by atoms with van der Waals surface area (Å²) in [7, 11) is 4.03. The molecule has 0 bridgehead atoms. The molecule has 1 saturated heterocycles. The molecule has 0 atom stereocenters. The maximum Gasteiger partial charge on any atom is 0.249 e. The van der Waals surface area contributed by atoms with Crippen molar-refractivity contribution in [2.24, 2.45) is 0 Å². The number of aromatic nitrogens is 3. The second-order valence-electron chi connectivity index (χ2n) is 6.11. The molecular weight excluding hydrogens is 318 g/mol. The van der Waals surface area contributed by atoms with Crippen molar-refractivity contribution < 1.29 is 4.74 Å². The van der Waals surface area contributed by atoms with Gasteiger partial charge in [0.05, 0.1) is 19.4 Å². The van der Waals surface area contributed by atoms with Gasteiger partial charge in [-0.15, -0.1) is 5.10 Å². The maximum absolute atomic E-state index is 5.35. The lowest BCUT2D eigenvalue weighted by atomic mass is 10.2. The van der Waals surface area contributed by atoms with Gasteiger partial charge in [-0.2, -0.15) is 10.1 Å². The molecule has 1 aromatic carbocycles. The first-order valence-corrected chi connectivity index (χ1v) is 8.49. The largest absolute Gasteiger partial charge is 0.379 e. The minimum atomic E-state index is 0.481. The van der Waals surface area contributed by atoms with Crippen molar-refractivity contribution in [3.63, 3.8) is 0 Å². The van der Waals surface area contributed by atoms with E-state index >= 15 is 0 Å². The molecule has 134 valence electrons. The summed E-state index contributed by atoms with van der Waals surface area (Å²) in [6, 6.07) is 8.08. The van der Waals surface area contributed by atoms with Gasteiger partial charge in [0.15, 0.2) is 5.82 Å². The molecular formula is C17H25N7O. The van der Waals surface area contributed by atoms with Crippen LogP contribution >= 0.6 is 0 Å². The molecule has 1 aromatic heterocycles. The van der Waals surface area contributed by atoms with E-state index in [4.69, 9.17) is 4.74 Å². The van der Waals surface area contributed by atoms with E-state index < -0.39 is 0 Å². The molecule has 8 heteroatoms. The first kappa shape index (κ1) is 17.4. The molecule has 0 unspecified atom stereocenters. The first-order valence-electron chi connectivity index (χ1n) is 8.49. The zero-order valence-electron chi connectivity index (χ0n) is 14.8. The van der Waals surface area contributed by atoms with Gasteiger partial charge >= 0.3 is 0 Å². The molecule has 0 amide bonds. The summed E-state index contributed by atoms with van der Waals surface area (Å²) in [6.45, 7) is 5.38. The molecule has 1 aliphatic rings. The van der Waals surface area contributed by atoms with E-state index in [1.54, 1.807) is 6.20 Å². The molecule has 0 saturated carbocycles. The van der Waals surface area contributed by atoms with Crippen LogP contribution in [0.5, 0.6) is 0 Å². The lowest BCUT2D eigenvalue weighted by molar-refractivity contribution is 0.0398. The van der Waals surface area contributed by atoms with Gasteiger partial charge in [-0.25, -0.2) is 0 Å². The van der Waals surface area contributed by atoms with Crippen LogP contribution in [0.2, 0.25) is 0 Å². The Bertz CT molecular complexity index is 656. The number of rotatable bonds is 7. The van der Waals surface area contributed by atoms with Crippen molar-refractivity contribution in [2.45, 2.75) is 0 Å². The van der Waals surface area contributed by atoms with Crippen LogP contribution in [0.1, 0.15) is 0 Å². The number of anilines is 4. The molecule has 0 spiro atoms. The monoisotopic (exact) mass is 343 g/mol. The molecule has 0 radical (unpaired) electrons. The number of nitrogens with zero attached hydrogens (tertiary/aromatic N) is 5. The Kier molecular flexibility index (Phi) is 5.97. The highest BCUT2D eigenvalue weighted by Gasteiger charge is 2.09. The Morgan fingerprint density at radius 3 is 2.64 bits per heavy atom. The van der Waals surface area contributed by atoms with Crippen LogP contribution in [-0.4, -0.2) is 73.6 Å². The Morgan fingerprint density at radius 1 is 1.16 bits per heavy atom. The van der Waals surface area contributed by atoms with Crippen LogP contribution < -0.4 is 15.5 Å². The third-order valence-corrected chi connectivity index (χ3v) is 4.04. The van der Waals surface area contributed by atoms with Gasteiger partial charge in [-0.05, 0) is 24.3 Å². The second kappa shape index (κ2) is 8.59. The minimum Gasteiger partial charge on any atom is -0.379 e. The van der Waals surface area contributed by atoms with E-state index in [2.05, 4.69) is 35.6 Å². The summed E-state index contributed by atoms with van der Waals surface area (Å²) in [5, 5.41) is 14.5. The number of benzene rings is 1. The number of hydrogen-bond acceptors (Lipinski definition) is 8. The van der Waals surface area contributed by atoms with Crippen molar-refractivity contribution in [1.82, 2.24) is 20.1 Å². The first-order chi connectivity index (χ1) is 12.2. The average Bonchev–Trinajstić information content (AvgIpc) is 2.63. The van der Waals surface area contributed by atoms with Gasteiger partial charge < -0.3 is 20.3 Å². The summed E-state index contributed by atoms with van der Waals surface area (Å²) in [4.78, 5) is 8.89. The zero-order chi connectivity index (χ0) is 17.5.